The Balaban J connectivity index is 2.43. The van der Waals surface area contributed by atoms with Crippen molar-refractivity contribution in [2.45, 2.75) is 6.04 Å². The fourth-order valence-electron chi connectivity index (χ4n) is 2.25. The first-order chi connectivity index (χ1) is 10.5. The van der Waals surface area contributed by atoms with Crippen molar-refractivity contribution in [1.82, 2.24) is 5.43 Å². The molecule has 0 bridgehead atoms. The molecule has 7 N–H and O–H groups in total. The molecule has 0 aliphatic heterocycles. The number of amides is 1. The quantitative estimate of drug-likeness (QED) is 0.271. The van der Waals surface area contributed by atoms with Crippen LogP contribution < -0.4 is 22.3 Å². The van der Waals surface area contributed by atoms with E-state index in [4.69, 9.17) is 23.2 Å². The van der Waals surface area contributed by atoms with Gasteiger partial charge in [0.25, 0.3) is 5.91 Å². The third-order valence-electron chi connectivity index (χ3n) is 3.32. The van der Waals surface area contributed by atoms with Crippen molar-refractivity contribution in [3.8, 4) is 0 Å². The largest absolute Gasteiger partial charge is 0.398 e. The van der Waals surface area contributed by atoms with Gasteiger partial charge in [-0.05, 0) is 24.3 Å². The molecule has 0 heterocycles. The Bertz CT molecular complexity index is 680. The van der Waals surface area contributed by atoms with E-state index in [0.717, 1.165) is 15.6 Å². The zero-order valence-corrected chi connectivity index (χ0v) is 14.1. The van der Waals surface area contributed by atoms with Gasteiger partial charge in [-0.3, -0.25) is 10.2 Å². The molecule has 2 rings (SSSR count). The smallest absolute Gasteiger partial charge is 0.288 e. The summed E-state index contributed by atoms with van der Waals surface area (Å²) in [6.07, 6.45) is 0. The summed E-state index contributed by atoms with van der Waals surface area (Å²) < 4.78 is 0.908. The molecular formula is C15H17BrClN4O+. The summed E-state index contributed by atoms with van der Waals surface area (Å²) in [6.45, 7) is 0.165. The van der Waals surface area contributed by atoms with Crippen molar-refractivity contribution in [3.63, 3.8) is 0 Å². The fraction of sp³-hybridized carbons (Fsp3) is 0.133. The molecule has 1 amide bonds. The maximum absolute atomic E-state index is 11.5. The van der Waals surface area contributed by atoms with E-state index in [1.807, 2.05) is 47.8 Å². The molecule has 116 valence electrons. The van der Waals surface area contributed by atoms with Crippen molar-refractivity contribution in [2.24, 2.45) is 5.84 Å². The van der Waals surface area contributed by atoms with E-state index in [1.165, 1.54) is 0 Å². The number of quaternary nitrogens is 1. The lowest BCUT2D eigenvalue weighted by atomic mass is 9.97. The third-order valence-corrected chi connectivity index (χ3v) is 4.16. The van der Waals surface area contributed by atoms with Crippen LogP contribution in [0.15, 0.2) is 46.9 Å². The molecule has 0 fully saturated rings. The summed E-state index contributed by atoms with van der Waals surface area (Å²) in [5.41, 5.74) is 10.6. The molecule has 0 aliphatic rings. The summed E-state index contributed by atoms with van der Waals surface area (Å²) in [5, 5.41) is 2.47. The average molecular weight is 385 g/mol. The number of carbonyl (C=O) groups is 1. The van der Waals surface area contributed by atoms with E-state index in [2.05, 4.69) is 21.4 Å². The Hall–Kier alpha value is -1.60. The van der Waals surface area contributed by atoms with Crippen LogP contribution in [0, 0.1) is 0 Å². The normalized spacial score (nSPS) is 12.0. The number of carbonyl (C=O) groups excluding carboxylic acids is 1. The highest BCUT2D eigenvalue weighted by Crippen LogP contribution is 2.30. The summed E-state index contributed by atoms with van der Waals surface area (Å²) in [4.78, 5) is 11.5. The zero-order valence-electron chi connectivity index (χ0n) is 11.7. The maximum Gasteiger partial charge on any atom is 0.288 e. The molecule has 7 heteroatoms. The minimum Gasteiger partial charge on any atom is -0.398 e. The van der Waals surface area contributed by atoms with Crippen molar-refractivity contribution in [2.75, 3.05) is 12.3 Å². The van der Waals surface area contributed by atoms with Crippen LogP contribution >= 0.6 is 27.5 Å². The van der Waals surface area contributed by atoms with Crippen LogP contribution in [-0.2, 0) is 4.79 Å². The van der Waals surface area contributed by atoms with Crippen molar-refractivity contribution >= 4 is 39.1 Å². The van der Waals surface area contributed by atoms with Crippen LogP contribution in [0.5, 0.6) is 0 Å². The number of nitrogen functional groups attached to an aromatic ring is 1. The Morgan fingerprint density at radius 2 is 2.00 bits per heavy atom. The van der Waals surface area contributed by atoms with E-state index in [9.17, 15) is 4.79 Å². The van der Waals surface area contributed by atoms with Gasteiger partial charge in [0.1, 0.15) is 6.04 Å². The van der Waals surface area contributed by atoms with Gasteiger partial charge >= 0.3 is 0 Å². The zero-order chi connectivity index (χ0) is 16.1. The maximum atomic E-state index is 11.5. The summed E-state index contributed by atoms with van der Waals surface area (Å²) in [7, 11) is 0. The molecule has 0 spiro atoms. The van der Waals surface area contributed by atoms with Gasteiger partial charge in [0.15, 0.2) is 6.54 Å². The number of anilines is 1. The molecular weight excluding hydrogens is 368 g/mol. The standard InChI is InChI=1S/C15H16BrClN4O/c16-9-5-6-13(18)11(7-9)15(20-8-14(22)21-19)10-3-1-2-4-12(10)17/h1-7,15,20H,8,18-19H2,(H,21,22)/p+1/t15-/m1/s1. The van der Waals surface area contributed by atoms with Gasteiger partial charge in [0, 0.05) is 21.3 Å². The molecule has 0 saturated heterocycles. The molecule has 0 aromatic heterocycles. The lowest BCUT2D eigenvalue weighted by Crippen LogP contribution is -2.88. The van der Waals surface area contributed by atoms with E-state index < -0.39 is 0 Å². The Kier molecular flexibility index (Phi) is 5.79. The SMILES string of the molecule is NNC(=O)C[NH2+][C@@H](c1cc(Br)ccc1N)c1ccccc1Cl. The van der Waals surface area contributed by atoms with Gasteiger partial charge in [0.05, 0.1) is 5.02 Å². The molecule has 5 nitrogen and oxygen atoms in total. The lowest BCUT2D eigenvalue weighted by molar-refractivity contribution is -0.676. The van der Waals surface area contributed by atoms with Gasteiger partial charge in [0.2, 0.25) is 0 Å². The minimum absolute atomic E-state index is 0.165. The molecule has 22 heavy (non-hydrogen) atoms. The highest BCUT2D eigenvalue weighted by molar-refractivity contribution is 9.10. The first-order valence-corrected chi connectivity index (χ1v) is 7.82. The molecule has 0 radical (unpaired) electrons. The van der Waals surface area contributed by atoms with Gasteiger partial charge < -0.3 is 11.1 Å². The van der Waals surface area contributed by atoms with Gasteiger partial charge in [-0.2, -0.15) is 0 Å². The van der Waals surface area contributed by atoms with Gasteiger partial charge in [-0.15, -0.1) is 0 Å². The minimum atomic E-state index is -0.273. The molecule has 1 atom stereocenters. The summed E-state index contributed by atoms with van der Waals surface area (Å²) >= 11 is 9.76. The number of nitrogens with one attached hydrogen (secondary N) is 1. The Labute approximate surface area is 142 Å². The highest BCUT2D eigenvalue weighted by atomic mass is 79.9. The molecule has 0 aliphatic carbocycles. The highest BCUT2D eigenvalue weighted by Gasteiger charge is 2.23. The van der Waals surface area contributed by atoms with Gasteiger partial charge in [-0.1, -0.05) is 45.7 Å². The van der Waals surface area contributed by atoms with Crippen molar-refractivity contribution in [1.29, 1.82) is 0 Å². The lowest BCUT2D eigenvalue weighted by Gasteiger charge is -2.19. The molecule has 0 unspecified atom stereocenters. The fourth-order valence-corrected chi connectivity index (χ4v) is 2.88. The number of hydrogen-bond acceptors (Lipinski definition) is 3. The molecule has 0 saturated carbocycles. The number of nitrogens with two attached hydrogens (primary N) is 3. The molecule has 2 aromatic carbocycles. The first kappa shape index (κ1) is 16.8. The second-order valence-corrected chi connectivity index (χ2v) is 6.10. The predicted molar refractivity (Wildman–Crippen MR) is 91.0 cm³/mol. The number of rotatable bonds is 5. The molecule has 2 aromatic rings. The van der Waals surface area contributed by atoms with Crippen LogP contribution in [0.25, 0.3) is 0 Å². The number of hydrazine groups is 1. The van der Waals surface area contributed by atoms with E-state index in [-0.39, 0.29) is 18.5 Å². The summed E-state index contributed by atoms with van der Waals surface area (Å²) in [6, 6.07) is 12.9. The van der Waals surface area contributed by atoms with Crippen LogP contribution in [0.3, 0.4) is 0 Å². The van der Waals surface area contributed by atoms with Gasteiger partial charge in [-0.25, -0.2) is 5.84 Å². The third kappa shape index (κ3) is 3.98. The predicted octanol–water partition coefficient (Wildman–Crippen LogP) is 1.33. The second kappa shape index (κ2) is 7.60. The van der Waals surface area contributed by atoms with Crippen molar-refractivity contribution < 1.29 is 10.1 Å². The topological polar surface area (TPSA) is 97.7 Å². The van der Waals surface area contributed by atoms with Crippen LogP contribution in [0.4, 0.5) is 5.69 Å². The van der Waals surface area contributed by atoms with Crippen LogP contribution in [0.1, 0.15) is 17.2 Å². The first-order valence-electron chi connectivity index (χ1n) is 6.65. The monoisotopic (exact) mass is 383 g/mol. The second-order valence-electron chi connectivity index (χ2n) is 4.78. The van der Waals surface area contributed by atoms with Crippen LogP contribution in [0.2, 0.25) is 5.02 Å². The van der Waals surface area contributed by atoms with E-state index in [0.29, 0.717) is 10.7 Å². The van der Waals surface area contributed by atoms with Crippen LogP contribution in [-0.4, -0.2) is 12.5 Å². The van der Waals surface area contributed by atoms with E-state index >= 15 is 0 Å². The van der Waals surface area contributed by atoms with Crippen molar-refractivity contribution in [3.05, 3.63) is 63.1 Å². The number of halogens is 2. The Morgan fingerprint density at radius 1 is 1.27 bits per heavy atom. The number of hydrogen-bond donors (Lipinski definition) is 4. The summed E-state index contributed by atoms with van der Waals surface area (Å²) in [5.74, 6) is 4.87. The average Bonchev–Trinajstić information content (AvgIpc) is 2.52. The Morgan fingerprint density at radius 3 is 2.68 bits per heavy atom. The number of benzene rings is 2. The van der Waals surface area contributed by atoms with E-state index in [1.54, 1.807) is 0 Å².